The van der Waals surface area contributed by atoms with Gasteiger partial charge in [0, 0.05) is 24.7 Å². The van der Waals surface area contributed by atoms with Crippen molar-refractivity contribution in [1.29, 1.82) is 0 Å². The number of amides is 1. The highest BCUT2D eigenvalue weighted by atomic mass is 32.2. The molecule has 0 spiro atoms. The average molecular weight is 382 g/mol. The maximum atomic E-state index is 12.7. The molecule has 146 valence electrons. The minimum absolute atomic E-state index is 0.0254. The van der Waals surface area contributed by atoms with E-state index in [0.717, 1.165) is 12.8 Å². The van der Waals surface area contributed by atoms with E-state index >= 15 is 0 Å². The number of anilines is 1. The highest BCUT2D eigenvalue weighted by molar-refractivity contribution is 7.89. The lowest BCUT2D eigenvalue weighted by atomic mass is 9.82. The van der Waals surface area contributed by atoms with Crippen molar-refractivity contribution in [3.05, 3.63) is 24.3 Å². The summed E-state index contributed by atoms with van der Waals surface area (Å²) in [4.78, 5) is 12.8. The lowest BCUT2D eigenvalue weighted by Crippen LogP contribution is -2.29. The Kier molecular flexibility index (Phi) is 8.06. The van der Waals surface area contributed by atoms with Gasteiger partial charge in [-0.15, -0.1) is 0 Å². The van der Waals surface area contributed by atoms with Crippen LogP contribution in [0.1, 0.15) is 51.9 Å². The Morgan fingerprint density at radius 1 is 1.27 bits per heavy atom. The number of carbonyl (C=O) groups is 1. The van der Waals surface area contributed by atoms with Gasteiger partial charge >= 0.3 is 0 Å². The Morgan fingerprint density at radius 2 is 2.00 bits per heavy atom. The van der Waals surface area contributed by atoms with Crippen molar-refractivity contribution < 1.29 is 13.2 Å². The number of benzene rings is 1. The van der Waals surface area contributed by atoms with Gasteiger partial charge < -0.3 is 11.1 Å². The first kappa shape index (κ1) is 20.9. The third-order valence-electron chi connectivity index (χ3n) is 5.05. The molecular formula is C19H31N3O3S. The van der Waals surface area contributed by atoms with Crippen LogP contribution in [0.5, 0.6) is 0 Å². The van der Waals surface area contributed by atoms with Gasteiger partial charge in [-0.25, -0.2) is 13.1 Å². The monoisotopic (exact) mass is 381 g/mol. The molecule has 1 saturated carbocycles. The van der Waals surface area contributed by atoms with Gasteiger partial charge in [-0.2, -0.15) is 0 Å². The standard InChI is InChI=1S/C19H31N3O3S/c1-2-16(13-15-7-4-3-5-8-15)19(23)22-17-9-6-10-18(14-17)26(24,25)21-12-11-20/h6,9-10,14-16,21H,2-5,7-8,11-13,20H2,1H3,(H,22,23). The number of sulfonamides is 1. The molecule has 26 heavy (non-hydrogen) atoms. The number of nitrogens with one attached hydrogen (secondary N) is 2. The topological polar surface area (TPSA) is 101 Å². The van der Waals surface area contributed by atoms with E-state index in [1.807, 2.05) is 6.92 Å². The van der Waals surface area contributed by atoms with Crippen molar-refractivity contribution in [3.8, 4) is 0 Å². The lowest BCUT2D eigenvalue weighted by Gasteiger charge is -2.25. The Morgan fingerprint density at radius 3 is 2.65 bits per heavy atom. The summed E-state index contributed by atoms with van der Waals surface area (Å²) in [6.07, 6.45) is 7.96. The van der Waals surface area contributed by atoms with E-state index in [9.17, 15) is 13.2 Å². The molecule has 2 rings (SSSR count). The summed E-state index contributed by atoms with van der Waals surface area (Å²) in [5.41, 5.74) is 5.86. The molecule has 0 aromatic heterocycles. The van der Waals surface area contributed by atoms with E-state index in [0.29, 0.717) is 11.6 Å². The first-order chi connectivity index (χ1) is 12.5. The van der Waals surface area contributed by atoms with Gasteiger partial charge in [0.2, 0.25) is 15.9 Å². The molecule has 0 radical (unpaired) electrons. The molecule has 6 nitrogen and oxygen atoms in total. The molecule has 0 heterocycles. The fourth-order valence-corrected chi connectivity index (χ4v) is 4.64. The van der Waals surface area contributed by atoms with Gasteiger partial charge in [-0.1, -0.05) is 45.1 Å². The first-order valence-corrected chi connectivity index (χ1v) is 11.0. The van der Waals surface area contributed by atoms with Crippen molar-refractivity contribution in [2.24, 2.45) is 17.6 Å². The molecule has 1 atom stereocenters. The zero-order chi connectivity index (χ0) is 19.0. The van der Waals surface area contributed by atoms with Gasteiger partial charge in [0.05, 0.1) is 4.90 Å². The van der Waals surface area contributed by atoms with E-state index < -0.39 is 10.0 Å². The molecule has 0 saturated heterocycles. The van der Waals surface area contributed by atoms with Crippen LogP contribution < -0.4 is 15.8 Å². The molecule has 1 aromatic carbocycles. The zero-order valence-electron chi connectivity index (χ0n) is 15.5. The molecule has 4 N–H and O–H groups in total. The first-order valence-electron chi connectivity index (χ1n) is 9.57. The predicted octanol–water partition coefficient (Wildman–Crippen LogP) is 2.86. The van der Waals surface area contributed by atoms with E-state index in [1.54, 1.807) is 12.1 Å². The summed E-state index contributed by atoms with van der Waals surface area (Å²) >= 11 is 0. The summed E-state index contributed by atoms with van der Waals surface area (Å²) in [7, 11) is -3.61. The predicted molar refractivity (Wildman–Crippen MR) is 104 cm³/mol. The Balaban J connectivity index is 2.02. The smallest absolute Gasteiger partial charge is 0.240 e. The summed E-state index contributed by atoms with van der Waals surface area (Å²) in [5.74, 6) is 0.572. The molecule has 1 amide bonds. The third kappa shape index (κ3) is 6.07. The van der Waals surface area contributed by atoms with Crippen LogP contribution in [0.25, 0.3) is 0 Å². The highest BCUT2D eigenvalue weighted by Gasteiger charge is 2.23. The second-order valence-electron chi connectivity index (χ2n) is 7.05. The molecular weight excluding hydrogens is 350 g/mol. The van der Waals surface area contributed by atoms with Gasteiger partial charge in [0.15, 0.2) is 0 Å². The Bertz CT molecular complexity index is 685. The van der Waals surface area contributed by atoms with Crippen LogP contribution in [-0.2, 0) is 14.8 Å². The number of carbonyl (C=O) groups excluding carboxylic acids is 1. The van der Waals surface area contributed by atoms with Crippen LogP contribution in [0.2, 0.25) is 0 Å². The molecule has 1 aromatic rings. The SMILES string of the molecule is CCC(CC1CCCCC1)C(=O)Nc1cccc(S(=O)(=O)NCCN)c1. The number of hydrogen-bond donors (Lipinski definition) is 3. The van der Waals surface area contributed by atoms with Crippen molar-refractivity contribution in [2.45, 2.75) is 56.8 Å². The second kappa shape index (κ2) is 10.0. The van der Waals surface area contributed by atoms with Crippen molar-refractivity contribution >= 4 is 21.6 Å². The third-order valence-corrected chi connectivity index (χ3v) is 6.51. The molecule has 1 fully saturated rings. The number of rotatable bonds is 9. The Labute approximate surface area is 157 Å². The van der Waals surface area contributed by atoms with Crippen molar-refractivity contribution in [1.82, 2.24) is 4.72 Å². The molecule has 7 heteroatoms. The maximum absolute atomic E-state index is 12.7. The van der Waals surface area contributed by atoms with E-state index in [2.05, 4.69) is 10.0 Å². The van der Waals surface area contributed by atoms with Gasteiger partial charge in [-0.3, -0.25) is 4.79 Å². The quantitative estimate of drug-likeness (QED) is 0.612. The van der Waals surface area contributed by atoms with Crippen molar-refractivity contribution in [3.63, 3.8) is 0 Å². The van der Waals surface area contributed by atoms with Gasteiger partial charge in [0.25, 0.3) is 0 Å². The summed E-state index contributed by atoms with van der Waals surface area (Å²) < 4.78 is 26.8. The molecule has 0 bridgehead atoms. The summed E-state index contributed by atoms with van der Waals surface area (Å²) in [6.45, 7) is 2.44. The van der Waals surface area contributed by atoms with Crippen LogP contribution in [0.15, 0.2) is 29.2 Å². The zero-order valence-corrected chi connectivity index (χ0v) is 16.4. The minimum atomic E-state index is -3.61. The minimum Gasteiger partial charge on any atom is -0.329 e. The molecule has 1 unspecified atom stereocenters. The van der Waals surface area contributed by atoms with Crippen LogP contribution in [0, 0.1) is 11.8 Å². The maximum Gasteiger partial charge on any atom is 0.240 e. The molecule has 1 aliphatic rings. The van der Waals surface area contributed by atoms with Crippen LogP contribution in [0.4, 0.5) is 5.69 Å². The number of nitrogens with two attached hydrogens (primary N) is 1. The van der Waals surface area contributed by atoms with Gasteiger partial charge in [-0.05, 0) is 37.0 Å². The summed E-state index contributed by atoms with van der Waals surface area (Å²) in [5, 5.41) is 2.90. The van der Waals surface area contributed by atoms with Crippen LogP contribution in [0.3, 0.4) is 0 Å². The Hall–Kier alpha value is -1.44. The average Bonchev–Trinajstić information content (AvgIpc) is 2.65. The lowest BCUT2D eigenvalue weighted by molar-refractivity contribution is -0.120. The van der Waals surface area contributed by atoms with E-state index in [1.165, 1.54) is 44.2 Å². The fourth-order valence-electron chi connectivity index (χ4n) is 3.55. The van der Waals surface area contributed by atoms with E-state index in [-0.39, 0.29) is 29.8 Å². The largest absolute Gasteiger partial charge is 0.329 e. The second-order valence-corrected chi connectivity index (χ2v) is 8.82. The summed E-state index contributed by atoms with van der Waals surface area (Å²) in [6, 6.07) is 6.35. The normalized spacial score (nSPS) is 17.0. The van der Waals surface area contributed by atoms with Crippen LogP contribution in [-0.4, -0.2) is 27.4 Å². The highest BCUT2D eigenvalue weighted by Crippen LogP contribution is 2.30. The van der Waals surface area contributed by atoms with Crippen molar-refractivity contribution in [2.75, 3.05) is 18.4 Å². The van der Waals surface area contributed by atoms with Gasteiger partial charge in [0.1, 0.15) is 0 Å². The van der Waals surface area contributed by atoms with Crippen LogP contribution >= 0.6 is 0 Å². The molecule has 0 aliphatic heterocycles. The van der Waals surface area contributed by atoms with E-state index in [4.69, 9.17) is 5.73 Å². The fraction of sp³-hybridized carbons (Fsp3) is 0.632. The number of hydrogen-bond acceptors (Lipinski definition) is 4. The molecule has 1 aliphatic carbocycles.